The maximum atomic E-state index is 12.2. The monoisotopic (exact) mass is 597 g/mol. The minimum Gasteiger partial charge on any atom is -0.447 e. The molecule has 1 aromatic rings. The van der Waals surface area contributed by atoms with Gasteiger partial charge >= 0.3 is 6.09 Å². The van der Waals surface area contributed by atoms with E-state index in [1.165, 1.54) is 95.6 Å². The zero-order valence-corrected chi connectivity index (χ0v) is 26.4. The van der Waals surface area contributed by atoms with E-state index in [2.05, 4.69) is 12.2 Å². The Morgan fingerprint density at radius 1 is 0.854 bits per heavy atom. The highest BCUT2D eigenvalue weighted by atomic mass is 32.2. The first-order valence-electron chi connectivity index (χ1n) is 16.0. The lowest BCUT2D eigenvalue weighted by molar-refractivity contribution is 0.0390. The molecule has 1 aliphatic rings. The molecule has 1 aliphatic heterocycles. The molecule has 0 bridgehead atoms. The van der Waals surface area contributed by atoms with E-state index in [4.69, 9.17) is 18.4 Å². The van der Waals surface area contributed by atoms with E-state index in [0.717, 1.165) is 25.0 Å². The molecule has 1 aromatic carbocycles. The van der Waals surface area contributed by atoms with Crippen LogP contribution in [-0.2, 0) is 28.5 Å². The van der Waals surface area contributed by atoms with Crippen LogP contribution >= 0.6 is 0 Å². The van der Waals surface area contributed by atoms with Crippen LogP contribution in [0.3, 0.4) is 0 Å². The first-order valence-corrected chi connectivity index (χ1v) is 17.4. The summed E-state index contributed by atoms with van der Waals surface area (Å²) in [6.07, 6.45) is 18.9. The second kappa shape index (κ2) is 21.9. The smallest absolute Gasteiger partial charge is 0.407 e. The molecule has 1 fully saturated rings. The number of carbonyl (C=O) groups is 1. The van der Waals surface area contributed by atoms with Gasteiger partial charge in [-0.05, 0) is 31.9 Å². The Morgan fingerprint density at radius 2 is 1.44 bits per heavy atom. The molecule has 0 aromatic heterocycles. The van der Waals surface area contributed by atoms with Gasteiger partial charge in [-0.15, -0.1) is 0 Å². The van der Waals surface area contributed by atoms with Gasteiger partial charge < -0.3 is 19.5 Å². The van der Waals surface area contributed by atoms with Crippen molar-refractivity contribution in [2.24, 2.45) is 5.92 Å². The third-order valence-corrected chi connectivity index (χ3v) is 8.81. The summed E-state index contributed by atoms with van der Waals surface area (Å²) in [7, 11) is -3.85. The summed E-state index contributed by atoms with van der Waals surface area (Å²) in [5.41, 5.74) is 0.957. The number of hydrogen-bond donors (Lipinski definition) is 1. The summed E-state index contributed by atoms with van der Waals surface area (Å²) < 4.78 is 46.1. The first kappa shape index (κ1) is 35.5. The second-order valence-corrected chi connectivity index (χ2v) is 13.0. The summed E-state index contributed by atoms with van der Waals surface area (Å²) in [4.78, 5) is 12.0. The van der Waals surface area contributed by atoms with Crippen LogP contribution in [0.15, 0.2) is 29.2 Å². The maximum absolute atomic E-state index is 12.2. The van der Waals surface area contributed by atoms with Crippen LogP contribution in [0, 0.1) is 12.8 Å². The molecule has 0 radical (unpaired) electrons. The molecule has 2 atom stereocenters. The molecule has 1 heterocycles. The number of alkyl carbamates (subject to hydrolysis) is 1. The van der Waals surface area contributed by atoms with Gasteiger partial charge in [0.15, 0.2) is 0 Å². The van der Waals surface area contributed by atoms with Crippen molar-refractivity contribution in [1.29, 1.82) is 0 Å². The van der Waals surface area contributed by atoms with Crippen LogP contribution in [0.1, 0.15) is 109 Å². The minimum absolute atomic E-state index is 0.0190. The largest absolute Gasteiger partial charge is 0.447 e. The molecule has 41 heavy (non-hydrogen) atoms. The molecule has 1 amide bonds. The van der Waals surface area contributed by atoms with E-state index in [-0.39, 0.29) is 30.8 Å². The molecular weight excluding hydrogens is 542 g/mol. The Balaban J connectivity index is 1.36. The molecule has 2 unspecified atom stereocenters. The van der Waals surface area contributed by atoms with E-state index >= 15 is 0 Å². The summed E-state index contributed by atoms with van der Waals surface area (Å²) in [6.45, 7) is 6.22. The number of benzene rings is 1. The van der Waals surface area contributed by atoms with Gasteiger partial charge in [-0.3, -0.25) is 4.18 Å². The lowest BCUT2D eigenvalue weighted by Crippen LogP contribution is -2.31. The lowest BCUT2D eigenvalue weighted by Gasteiger charge is -2.12. The first-order chi connectivity index (χ1) is 19.9. The van der Waals surface area contributed by atoms with Crippen molar-refractivity contribution in [2.75, 3.05) is 39.6 Å². The second-order valence-electron chi connectivity index (χ2n) is 11.3. The van der Waals surface area contributed by atoms with Gasteiger partial charge in [0.05, 0.1) is 30.8 Å². The molecule has 236 valence electrons. The van der Waals surface area contributed by atoms with Crippen LogP contribution in [0.2, 0.25) is 0 Å². The molecular formula is C32H55NO7S. The lowest BCUT2D eigenvalue weighted by atomic mass is 10.0. The molecule has 1 saturated heterocycles. The Morgan fingerprint density at radius 3 is 2.05 bits per heavy atom. The fourth-order valence-corrected chi connectivity index (χ4v) is 5.87. The predicted molar refractivity (Wildman–Crippen MR) is 163 cm³/mol. The molecule has 8 nitrogen and oxygen atoms in total. The Bertz CT molecular complexity index is 907. The molecule has 0 spiro atoms. The highest BCUT2D eigenvalue weighted by molar-refractivity contribution is 7.86. The van der Waals surface area contributed by atoms with E-state index in [0.29, 0.717) is 19.1 Å². The van der Waals surface area contributed by atoms with E-state index in [1.54, 1.807) is 12.1 Å². The van der Waals surface area contributed by atoms with Gasteiger partial charge in [0, 0.05) is 19.1 Å². The third-order valence-electron chi connectivity index (χ3n) is 7.48. The normalized spacial score (nSPS) is 17.1. The minimum atomic E-state index is -3.85. The van der Waals surface area contributed by atoms with Gasteiger partial charge in [-0.25, -0.2) is 4.79 Å². The van der Waals surface area contributed by atoms with Gasteiger partial charge in [0.25, 0.3) is 10.1 Å². The van der Waals surface area contributed by atoms with Crippen LogP contribution in [0.25, 0.3) is 0 Å². The Kier molecular flexibility index (Phi) is 19.0. The van der Waals surface area contributed by atoms with E-state index in [9.17, 15) is 13.2 Å². The third kappa shape index (κ3) is 17.1. The summed E-state index contributed by atoms with van der Waals surface area (Å²) in [5.74, 6) is 0.318. The van der Waals surface area contributed by atoms with Crippen LogP contribution in [-0.4, -0.2) is 60.2 Å². The van der Waals surface area contributed by atoms with Gasteiger partial charge in [0.1, 0.15) is 6.61 Å². The quantitative estimate of drug-likeness (QED) is 0.0984. The number of nitrogens with one attached hydrogen (secondary N) is 1. The standard InChI is InChI=1S/C32H55NO7S/c1-3-4-5-6-7-8-9-10-11-12-13-14-15-16-22-37-25-29-24-30(38-26-29)27-39-32(34)33-21-23-40-41(35,36)31-19-17-28(2)18-20-31/h17-20,29-30H,3-16,21-27H2,1-2H3,(H,33,34). The zero-order chi connectivity index (χ0) is 29.6. The molecule has 0 aliphatic carbocycles. The van der Waals surface area contributed by atoms with Crippen molar-refractivity contribution < 1.29 is 31.6 Å². The van der Waals surface area contributed by atoms with Crippen LogP contribution in [0.5, 0.6) is 0 Å². The summed E-state index contributed by atoms with van der Waals surface area (Å²) >= 11 is 0. The molecule has 0 saturated carbocycles. The number of ether oxygens (including phenoxy) is 3. The van der Waals surface area contributed by atoms with Crippen molar-refractivity contribution in [3.8, 4) is 0 Å². The number of amides is 1. The summed E-state index contributed by atoms with van der Waals surface area (Å²) in [5, 5.41) is 2.51. The fourth-order valence-electron chi connectivity index (χ4n) is 4.96. The predicted octanol–water partition coefficient (Wildman–Crippen LogP) is 7.33. The number of aryl methyl sites for hydroxylation is 1. The van der Waals surface area contributed by atoms with Gasteiger partial charge in [-0.2, -0.15) is 8.42 Å². The zero-order valence-electron chi connectivity index (χ0n) is 25.6. The Hall–Kier alpha value is -1.68. The number of hydrogen-bond acceptors (Lipinski definition) is 7. The van der Waals surface area contributed by atoms with Crippen molar-refractivity contribution in [2.45, 2.75) is 121 Å². The SMILES string of the molecule is CCCCCCCCCCCCCCCCOCC1COC(COC(=O)NCCOS(=O)(=O)c2ccc(C)cc2)C1. The summed E-state index contributed by atoms with van der Waals surface area (Å²) in [6, 6.07) is 6.39. The average molecular weight is 598 g/mol. The molecule has 1 N–H and O–H groups in total. The van der Waals surface area contributed by atoms with E-state index < -0.39 is 16.2 Å². The van der Waals surface area contributed by atoms with Crippen molar-refractivity contribution in [3.05, 3.63) is 29.8 Å². The highest BCUT2D eigenvalue weighted by Crippen LogP contribution is 2.20. The number of unbranched alkanes of at least 4 members (excludes halogenated alkanes) is 13. The van der Waals surface area contributed by atoms with Crippen LogP contribution in [0.4, 0.5) is 4.79 Å². The number of rotatable bonds is 24. The molecule has 2 rings (SSSR count). The highest BCUT2D eigenvalue weighted by Gasteiger charge is 2.26. The van der Waals surface area contributed by atoms with E-state index in [1.807, 2.05) is 6.92 Å². The van der Waals surface area contributed by atoms with Crippen molar-refractivity contribution >= 4 is 16.2 Å². The van der Waals surface area contributed by atoms with Crippen LogP contribution < -0.4 is 5.32 Å². The van der Waals surface area contributed by atoms with Gasteiger partial charge in [-0.1, -0.05) is 108 Å². The maximum Gasteiger partial charge on any atom is 0.407 e. The van der Waals surface area contributed by atoms with Crippen molar-refractivity contribution in [3.63, 3.8) is 0 Å². The topological polar surface area (TPSA) is 100 Å². The van der Waals surface area contributed by atoms with Gasteiger partial charge in [0.2, 0.25) is 0 Å². The molecule has 9 heteroatoms. The fraction of sp³-hybridized carbons (Fsp3) is 0.781. The average Bonchev–Trinajstić information content (AvgIpc) is 3.42. The van der Waals surface area contributed by atoms with Crippen molar-refractivity contribution in [1.82, 2.24) is 5.32 Å². The Labute approximate surface area is 249 Å². The number of carbonyl (C=O) groups excluding carboxylic acids is 1.